The topological polar surface area (TPSA) is 102 Å². The lowest BCUT2D eigenvalue weighted by molar-refractivity contribution is -0.150. The first-order chi connectivity index (χ1) is 17.9. The van der Waals surface area contributed by atoms with Crippen LogP contribution in [0.1, 0.15) is 37.3 Å². The van der Waals surface area contributed by atoms with E-state index >= 15 is 0 Å². The number of carbonyl (C=O) groups excluding carboxylic acids is 4. The Bertz CT molecular complexity index is 1030. The fourth-order valence-electron chi connectivity index (χ4n) is 4.00. The van der Waals surface area contributed by atoms with Crippen LogP contribution in [0.4, 0.5) is 0 Å². The number of carbonyl (C=O) groups is 4. The summed E-state index contributed by atoms with van der Waals surface area (Å²) in [5, 5.41) is 0. The summed E-state index contributed by atoms with van der Waals surface area (Å²) in [6.07, 6.45) is 0.746. The quantitative estimate of drug-likeness (QED) is 0.317. The van der Waals surface area contributed by atoms with Gasteiger partial charge >= 0.3 is 17.9 Å². The molecule has 0 bridgehead atoms. The summed E-state index contributed by atoms with van der Waals surface area (Å²) < 4.78 is 15.8. The Morgan fingerprint density at radius 2 is 1.38 bits per heavy atom. The highest BCUT2D eigenvalue weighted by Crippen LogP contribution is 2.14. The molecule has 2 aromatic carbocycles. The molecule has 198 valence electrons. The van der Waals surface area contributed by atoms with Gasteiger partial charge in [0.1, 0.15) is 19.8 Å². The second-order valence-electron chi connectivity index (χ2n) is 8.91. The van der Waals surface area contributed by atoms with Crippen molar-refractivity contribution in [2.45, 2.75) is 45.4 Å². The molecule has 1 aliphatic heterocycles. The molecule has 9 nitrogen and oxygen atoms in total. The molecule has 0 saturated carbocycles. The number of hydrogen-bond acceptors (Lipinski definition) is 8. The second-order valence-corrected chi connectivity index (χ2v) is 8.91. The molecule has 0 aliphatic carbocycles. The van der Waals surface area contributed by atoms with Crippen molar-refractivity contribution in [3.05, 3.63) is 71.8 Å². The minimum atomic E-state index is -0.427. The van der Waals surface area contributed by atoms with Crippen molar-refractivity contribution in [3.63, 3.8) is 0 Å². The fourth-order valence-corrected chi connectivity index (χ4v) is 4.00. The standard InChI is InChI=1S/C28H34N2O7/c1-22(31)35-21-25-17-30(16-15-29(25)18-28(34)37-20-24-11-6-3-7-12-24)26(32)13-8-14-27(33)36-19-23-9-4-2-5-10-23/h2-7,9-12,25H,8,13-21H2,1H3. The van der Waals surface area contributed by atoms with Crippen LogP contribution in [0.3, 0.4) is 0 Å². The highest BCUT2D eigenvalue weighted by molar-refractivity contribution is 5.77. The Hall–Kier alpha value is -3.72. The first kappa shape index (κ1) is 27.9. The molecule has 1 unspecified atom stereocenters. The summed E-state index contributed by atoms with van der Waals surface area (Å²) in [7, 11) is 0. The van der Waals surface area contributed by atoms with E-state index in [9.17, 15) is 19.2 Å². The van der Waals surface area contributed by atoms with Gasteiger partial charge in [0, 0.05) is 39.4 Å². The first-order valence-corrected chi connectivity index (χ1v) is 12.4. The van der Waals surface area contributed by atoms with E-state index in [1.54, 1.807) is 4.90 Å². The van der Waals surface area contributed by atoms with Gasteiger partial charge < -0.3 is 19.1 Å². The third-order valence-electron chi connectivity index (χ3n) is 6.03. The maximum atomic E-state index is 12.8. The van der Waals surface area contributed by atoms with Gasteiger partial charge in [-0.05, 0) is 17.5 Å². The molecular weight excluding hydrogens is 476 g/mol. The van der Waals surface area contributed by atoms with E-state index in [-0.39, 0.29) is 63.1 Å². The molecule has 0 aromatic heterocycles. The molecule has 1 atom stereocenters. The molecule has 0 spiro atoms. The van der Waals surface area contributed by atoms with Crippen molar-refractivity contribution < 1.29 is 33.4 Å². The zero-order valence-corrected chi connectivity index (χ0v) is 21.2. The number of piperazine rings is 1. The van der Waals surface area contributed by atoms with Crippen LogP contribution in [0.2, 0.25) is 0 Å². The maximum absolute atomic E-state index is 12.8. The summed E-state index contributed by atoms with van der Waals surface area (Å²) in [4.78, 5) is 52.2. The van der Waals surface area contributed by atoms with Crippen molar-refractivity contribution in [1.82, 2.24) is 9.80 Å². The number of rotatable bonds is 12. The van der Waals surface area contributed by atoms with Gasteiger partial charge in [-0.1, -0.05) is 60.7 Å². The zero-order chi connectivity index (χ0) is 26.5. The van der Waals surface area contributed by atoms with Crippen molar-refractivity contribution in [2.24, 2.45) is 0 Å². The van der Waals surface area contributed by atoms with Crippen LogP contribution in [-0.4, -0.2) is 72.4 Å². The predicted molar refractivity (Wildman–Crippen MR) is 135 cm³/mol. The van der Waals surface area contributed by atoms with Crippen LogP contribution >= 0.6 is 0 Å². The Kier molecular flexibility index (Phi) is 11.1. The van der Waals surface area contributed by atoms with Gasteiger partial charge in [-0.3, -0.25) is 24.1 Å². The van der Waals surface area contributed by atoms with E-state index in [4.69, 9.17) is 14.2 Å². The highest BCUT2D eigenvalue weighted by Gasteiger charge is 2.31. The molecule has 1 amide bonds. The predicted octanol–water partition coefficient (Wildman–Crippen LogP) is 2.72. The molecule has 0 radical (unpaired) electrons. The van der Waals surface area contributed by atoms with Crippen LogP contribution in [0.25, 0.3) is 0 Å². The van der Waals surface area contributed by atoms with E-state index in [2.05, 4.69) is 0 Å². The van der Waals surface area contributed by atoms with Crippen LogP contribution < -0.4 is 0 Å². The fraction of sp³-hybridized carbons (Fsp3) is 0.429. The van der Waals surface area contributed by atoms with Crippen LogP contribution in [-0.2, 0) is 46.6 Å². The number of hydrogen-bond donors (Lipinski definition) is 0. The molecule has 1 saturated heterocycles. The Balaban J connectivity index is 1.43. The average molecular weight is 511 g/mol. The highest BCUT2D eigenvalue weighted by atomic mass is 16.5. The third kappa shape index (κ3) is 10.0. The van der Waals surface area contributed by atoms with Crippen LogP contribution in [0.15, 0.2) is 60.7 Å². The summed E-state index contributed by atoms with van der Waals surface area (Å²) in [5.41, 5.74) is 1.80. The third-order valence-corrected chi connectivity index (χ3v) is 6.03. The molecular formula is C28H34N2O7. The number of amides is 1. The monoisotopic (exact) mass is 510 g/mol. The van der Waals surface area contributed by atoms with Gasteiger partial charge in [-0.2, -0.15) is 0 Å². The lowest BCUT2D eigenvalue weighted by atomic mass is 10.1. The Morgan fingerprint density at radius 1 is 0.784 bits per heavy atom. The van der Waals surface area contributed by atoms with Gasteiger partial charge in [-0.15, -0.1) is 0 Å². The lowest BCUT2D eigenvalue weighted by Crippen LogP contribution is -2.57. The Morgan fingerprint density at radius 3 is 1.97 bits per heavy atom. The van der Waals surface area contributed by atoms with E-state index in [0.717, 1.165) is 11.1 Å². The van der Waals surface area contributed by atoms with E-state index in [1.807, 2.05) is 65.6 Å². The molecule has 9 heteroatoms. The molecule has 2 aromatic rings. The summed E-state index contributed by atoms with van der Waals surface area (Å²) in [6, 6.07) is 18.5. The van der Waals surface area contributed by atoms with Crippen LogP contribution in [0.5, 0.6) is 0 Å². The molecule has 0 N–H and O–H groups in total. The van der Waals surface area contributed by atoms with Crippen molar-refractivity contribution >= 4 is 23.8 Å². The van der Waals surface area contributed by atoms with Gasteiger partial charge in [0.25, 0.3) is 0 Å². The minimum Gasteiger partial charge on any atom is -0.464 e. The molecule has 1 heterocycles. The number of ether oxygens (including phenoxy) is 3. The number of esters is 3. The molecule has 3 rings (SSSR count). The number of benzene rings is 2. The van der Waals surface area contributed by atoms with Gasteiger partial charge in [0.05, 0.1) is 12.6 Å². The molecule has 37 heavy (non-hydrogen) atoms. The molecule has 1 fully saturated rings. The Labute approximate surface area is 217 Å². The average Bonchev–Trinajstić information content (AvgIpc) is 2.91. The van der Waals surface area contributed by atoms with E-state index in [0.29, 0.717) is 26.1 Å². The van der Waals surface area contributed by atoms with Crippen LogP contribution in [0, 0.1) is 0 Å². The number of nitrogens with zero attached hydrogens (tertiary/aromatic N) is 2. The first-order valence-electron chi connectivity index (χ1n) is 12.4. The summed E-state index contributed by atoms with van der Waals surface area (Å²) in [5.74, 6) is -1.24. The molecule has 1 aliphatic rings. The van der Waals surface area contributed by atoms with Gasteiger partial charge in [0.2, 0.25) is 5.91 Å². The van der Waals surface area contributed by atoms with E-state index in [1.165, 1.54) is 6.92 Å². The largest absolute Gasteiger partial charge is 0.464 e. The normalized spacial score (nSPS) is 15.6. The summed E-state index contributed by atoms with van der Waals surface area (Å²) in [6.45, 7) is 3.00. The van der Waals surface area contributed by atoms with Crippen molar-refractivity contribution in [3.8, 4) is 0 Å². The summed E-state index contributed by atoms with van der Waals surface area (Å²) >= 11 is 0. The zero-order valence-electron chi connectivity index (χ0n) is 21.2. The van der Waals surface area contributed by atoms with Gasteiger partial charge in [0.15, 0.2) is 0 Å². The lowest BCUT2D eigenvalue weighted by Gasteiger charge is -2.40. The second kappa shape index (κ2) is 14.7. The van der Waals surface area contributed by atoms with Gasteiger partial charge in [-0.25, -0.2) is 0 Å². The maximum Gasteiger partial charge on any atom is 0.320 e. The SMILES string of the molecule is CC(=O)OCC1CN(C(=O)CCCC(=O)OCc2ccccc2)CCN1CC(=O)OCc1ccccc1. The van der Waals surface area contributed by atoms with Crippen molar-refractivity contribution in [2.75, 3.05) is 32.8 Å². The van der Waals surface area contributed by atoms with Crippen molar-refractivity contribution in [1.29, 1.82) is 0 Å². The minimum absolute atomic E-state index is 0.0358. The van der Waals surface area contributed by atoms with E-state index < -0.39 is 5.97 Å². The smallest absolute Gasteiger partial charge is 0.320 e.